The van der Waals surface area contributed by atoms with Crippen LogP contribution in [0.4, 0.5) is 0 Å². The molecular weight excluding hydrogens is 310 g/mol. The summed E-state index contributed by atoms with van der Waals surface area (Å²) in [5.74, 6) is 0.932. The largest absolute Gasteiger partial charge is 0.493 e. The lowest BCUT2D eigenvalue weighted by Crippen LogP contribution is -2.43. The molecule has 1 aliphatic heterocycles. The van der Waals surface area contributed by atoms with Gasteiger partial charge in [0.1, 0.15) is 0 Å². The fourth-order valence-corrected chi connectivity index (χ4v) is 2.87. The molecule has 2 heterocycles. The summed E-state index contributed by atoms with van der Waals surface area (Å²) in [5, 5.41) is 13.9. The van der Waals surface area contributed by atoms with Crippen molar-refractivity contribution in [2.75, 3.05) is 20.3 Å². The zero-order valence-electron chi connectivity index (χ0n) is 13.6. The predicted molar refractivity (Wildman–Crippen MR) is 86.8 cm³/mol. The second kappa shape index (κ2) is 7.35. The first-order chi connectivity index (χ1) is 11.7. The van der Waals surface area contributed by atoms with Gasteiger partial charge >= 0.3 is 0 Å². The van der Waals surface area contributed by atoms with Gasteiger partial charge in [-0.1, -0.05) is 12.1 Å². The smallest absolute Gasteiger partial charge is 0.261 e. The number of aliphatic hydroxyl groups is 1. The number of amides is 1. The summed E-state index contributed by atoms with van der Waals surface area (Å²) in [6, 6.07) is 8.85. The molecule has 0 unspecified atom stereocenters. The van der Waals surface area contributed by atoms with Gasteiger partial charge in [0.2, 0.25) is 0 Å². The van der Waals surface area contributed by atoms with Crippen LogP contribution in [-0.2, 0) is 17.9 Å². The van der Waals surface area contributed by atoms with Crippen LogP contribution in [0.5, 0.6) is 11.5 Å². The maximum Gasteiger partial charge on any atom is 0.261 e. The number of methoxy groups -OCH3 is 1. The molecule has 1 aliphatic rings. The number of rotatable bonds is 5. The number of carbonyl (C=O) groups excluding carboxylic acids is 1. The van der Waals surface area contributed by atoms with Crippen LogP contribution in [0.25, 0.3) is 0 Å². The minimum atomic E-state index is -0.236. The molecule has 7 heteroatoms. The minimum Gasteiger partial charge on any atom is -0.493 e. The van der Waals surface area contributed by atoms with Crippen molar-refractivity contribution >= 4 is 5.91 Å². The van der Waals surface area contributed by atoms with Gasteiger partial charge in [-0.25, -0.2) is 0 Å². The molecule has 0 saturated heterocycles. The number of benzene rings is 1. The standard InChI is InChI=1S/C17H21N3O4/c1-23-15-4-2-3-5-16(15)24-12-17(22)19-10-13-6-8-18-20(13)9-7-14(19)11-21/h2-6,8,14,21H,7,9-12H2,1H3/t14-/m1/s1. The molecule has 1 atom stereocenters. The Hall–Kier alpha value is -2.54. The number of carbonyl (C=O) groups is 1. The van der Waals surface area contributed by atoms with Gasteiger partial charge in [0.25, 0.3) is 5.91 Å². The molecule has 1 aromatic carbocycles. The van der Waals surface area contributed by atoms with Crippen molar-refractivity contribution in [3.05, 3.63) is 42.2 Å². The highest BCUT2D eigenvalue weighted by Gasteiger charge is 2.28. The van der Waals surface area contributed by atoms with Gasteiger partial charge in [-0.05, 0) is 24.6 Å². The van der Waals surface area contributed by atoms with Crippen LogP contribution >= 0.6 is 0 Å². The van der Waals surface area contributed by atoms with Crippen molar-refractivity contribution in [2.45, 2.75) is 25.6 Å². The van der Waals surface area contributed by atoms with Crippen LogP contribution in [0.3, 0.4) is 0 Å². The fraction of sp³-hybridized carbons (Fsp3) is 0.412. The molecule has 0 aliphatic carbocycles. The van der Waals surface area contributed by atoms with Gasteiger partial charge < -0.3 is 19.5 Å². The zero-order valence-corrected chi connectivity index (χ0v) is 13.6. The number of aryl methyl sites for hydroxylation is 1. The summed E-state index contributed by atoms with van der Waals surface area (Å²) in [6.07, 6.45) is 2.38. The molecule has 128 valence electrons. The Balaban J connectivity index is 1.70. The second-order valence-corrected chi connectivity index (χ2v) is 5.63. The number of nitrogens with zero attached hydrogens (tertiary/aromatic N) is 3. The molecule has 3 rings (SSSR count). The van der Waals surface area contributed by atoms with E-state index < -0.39 is 0 Å². The third-order valence-corrected chi connectivity index (χ3v) is 4.20. The molecule has 1 N–H and O–H groups in total. The van der Waals surface area contributed by atoms with Crippen LogP contribution < -0.4 is 9.47 Å². The maximum absolute atomic E-state index is 12.6. The SMILES string of the molecule is COc1ccccc1OCC(=O)N1Cc2ccnn2CC[C@@H]1CO. The maximum atomic E-state index is 12.6. The number of para-hydroxylation sites is 2. The first-order valence-electron chi connectivity index (χ1n) is 7.89. The molecule has 0 spiro atoms. The third kappa shape index (κ3) is 3.35. The highest BCUT2D eigenvalue weighted by Crippen LogP contribution is 2.26. The second-order valence-electron chi connectivity index (χ2n) is 5.63. The van der Waals surface area contributed by atoms with E-state index in [4.69, 9.17) is 9.47 Å². The molecule has 0 radical (unpaired) electrons. The van der Waals surface area contributed by atoms with Crippen molar-refractivity contribution in [3.63, 3.8) is 0 Å². The minimum absolute atomic E-state index is 0.0781. The number of ether oxygens (including phenoxy) is 2. The quantitative estimate of drug-likeness (QED) is 0.887. The van der Waals surface area contributed by atoms with Gasteiger partial charge in [0, 0.05) is 12.7 Å². The molecule has 0 saturated carbocycles. The Morgan fingerprint density at radius 2 is 2.12 bits per heavy atom. The van der Waals surface area contributed by atoms with Gasteiger partial charge in [0.05, 0.1) is 32.0 Å². The highest BCUT2D eigenvalue weighted by atomic mass is 16.5. The number of fused-ring (bicyclic) bond motifs is 1. The van der Waals surface area contributed by atoms with Crippen LogP contribution in [0, 0.1) is 0 Å². The average molecular weight is 331 g/mol. The van der Waals surface area contributed by atoms with Crippen molar-refractivity contribution in [3.8, 4) is 11.5 Å². The van der Waals surface area contributed by atoms with E-state index in [9.17, 15) is 9.90 Å². The first-order valence-corrected chi connectivity index (χ1v) is 7.89. The molecule has 7 nitrogen and oxygen atoms in total. The van der Waals surface area contributed by atoms with E-state index in [1.54, 1.807) is 30.3 Å². The lowest BCUT2D eigenvalue weighted by molar-refractivity contribution is -0.137. The lowest BCUT2D eigenvalue weighted by atomic mass is 10.2. The van der Waals surface area contributed by atoms with Gasteiger partial charge in [-0.15, -0.1) is 0 Å². The summed E-state index contributed by atoms with van der Waals surface area (Å²) < 4.78 is 12.7. The summed E-state index contributed by atoms with van der Waals surface area (Å²) >= 11 is 0. The summed E-state index contributed by atoms with van der Waals surface area (Å²) in [5.41, 5.74) is 0.955. The molecule has 0 bridgehead atoms. The Morgan fingerprint density at radius 3 is 2.88 bits per heavy atom. The van der Waals surface area contributed by atoms with Crippen LogP contribution in [0.2, 0.25) is 0 Å². The van der Waals surface area contributed by atoms with Crippen molar-refractivity contribution in [1.82, 2.24) is 14.7 Å². The topological polar surface area (TPSA) is 76.8 Å². The van der Waals surface area contributed by atoms with E-state index in [-0.39, 0.29) is 25.2 Å². The Kier molecular flexibility index (Phi) is 5.00. The van der Waals surface area contributed by atoms with E-state index in [2.05, 4.69) is 5.10 Å². The molecule has 1 amide bonds. The number of hydrogen-bond donors (Lipinski definition) is 1. The molecule has 0 fully saturated rings. The Labute approximate surface area is 140 Å². The summed E-state index contributed by atoms with van der Waals surface area (Å²) in [6.45, 7) is 0.917. The fourth-order valence-electron chi connectivity index (χ4n) is 2.87. The highest BCUT2D eigenvalue weighted by molar-refractivity contribution is 5.78. The average Bonchev–Trinajstić information content (AvgIpc) is 2.99. The Bertz CT molecular complexity index is 701. The van der Waals surface area contributed by atoms with Crippen molar-refractivity contribution in [1.29, 1.82) is 0 Å². The molecule has 24 heavy (non-hydrogen) atoms. The van der Waals surface area contributed by atoms with E-state index in [1.807, 2.05) is 22.9 Å². The summed E-state index contributed by atoms with van der Waals surface area (Å²) in [7, 11) is 1.56. The van der Waals surface area contributed by atoms with E-state index in [0.29, 0.717) is 31.0 Å². The van der Waals surface area contributed by atoms with E-state index >= 15 is 0 Å². The van der Waals surface area contributed by atoms with Gasteiger partial charge in [-0.3, -0.25) is 9.48 Å². The van der Waals surface area contributed by atoms with Crippen LogP contribution in [-0.4, -0.2) is 52.1 Å². The number of aromatic nitrogens is 2. The van der Waals surface area contributed by atoms with E-state index in [1.165, 1.54) is 0 Å². The zero-order chi connectivity index (χ0) is 16.9. The number of aliphatic hydroxyl groups excluding tert-OH is 1. The lowest BCUT2D eigenvalue weighted by Gasteiger charge is -2.28. The monoisotopic (exact) mass is 331 g/mol. The van der Waals surface area contributed by atoms with Gasteiger partial charge in [-0.2, -0.15) is 5.10 Å². The predicted octanol–water partition coefficient (Wildman–Crippen LogP) is 1.06. The van der Waals surface area contributed by atoms with Crippen molar-refractivity contribution < 1.29 is 19.4 Å². The molecule has 1 aromatic heterocycles. The van der Waals surface area contributed by atoms with E-state index in [0.717, 1.165) is 5.69 Å². The molecule has 2 aromatic rings. The molecular formula is C17H21N3O4. The van der Waals surface area contributed by atoms with Crippen LogP contribution in [0.15, 0.2) is 36.5 Å². The van der Waals surface area contributed by atoms with Crippen LogP contribution in [0.1, 0.15) is 12.1 Å². The van der Waals surface area contributed by atoms with Crippen molar-refractivity contribution in [2.24, 2.45) is 0 Å². The first kappa shape index (κ1) is 16.3. The Morgan fingerprint density at radius 1 is 1.33 bits per heavy atom. The summed E-state index contributed by atoms with van der Waals surface area (Å²) in [4.78, 5) is 14.3. The third-order valence-electron chi connectivity index (χ3n) is 4.20. The number of hydrogen-bond acceptors (Lipinski definition) is 5. The van der Waals surface area contributed by atoms with Gasteiger partial charge in [0.15, 0.2) is 18.1 Å². The normalized spacial score (nSPS) is 17.1.